The fourth-order valence-corrected chi connectivity index (χ4v) is 9.65. The molecule has 1 N–H and O–H groups in total. The summed E-state index contributed by atoms with van der Waals surface area (Å²) in [6, 6.07) is 18.7. The fourth-order valence-electron chi connectivity index (χ4n) is 7.31. The maximum absolute atomic E-state index is 14.6. The second-order valence-corrected chi connectivity index (χ2v) is 13.7. The number of unbranched alkanes of at least 4 members (excludes halogenated alkanes) is 1. The zero-order valence-corrected chi connectivity index (χ0v) is 25.2. The third kappa shape index (κ3) is 5.20. The molecule has 222 valence electrons. The lowest BCUT2D eigenvalue weighted by atomic mass is 9.66. The third-order valence-corrected chi connectivity index (χ3v) is 11.1. The first kappa shape index (κ1) is 30.1. The Labute approximate surface area is 253 Å². The molecule has 0 aliphatic carbocycles. The standard InChI is InChI=1S/C34H41N3O4S/c1-4-20-35(24-25-14-8-6-9-15-25)32(41)29-34-19-18-33(3,42-34)27(28(34)31(40)37(29)22-12-13-23-38)30(39)36(21-5-2)26-16-10-7-11-17-26/h4-11,14-17,27-29,38H,1-2,12-13,18-24H2,3H3/t27-,28+,29?,33+,34?/m1/s1. The van der Waals surface area contributed by atoms with Crippen LogP contribution < -0.4 is 4.90 Å². The normalized spacial score (nSPS) is 27.5. The Balaban J connectivity index is 1.54. The van der Waals surface area contributed by atoms with Gasteiger partial charge in [-0.25, -0.2) is 0 Å². The van der Waals surface area contributed by atoms with E-state index in [-0.39, 0.29) is 24.3 Å². The number of fused-ring (bicyclic) bond motifs is 1. The molecule has 0 radical (unpaired) electrons. The lowest BCUT2D eigenvalue weighted by molar-refractivity contribution is -0.143. The van der Waals surface area contributed by atoms with E-state index in [0.29, 0.717) is 45.4 Å². The summed E-state index contributed by atoms with van der Waals surface area (Å²) in [4.78, 5) is 48.8. The average Bonchev–Trinajstić information content (AvgIpc) is 3.57. The van der Waals surface area contributed by atoms with Crippen LogP contribution >= 0.6 is 11.8 Å². The van der Waals surface area contributed by atoms with Crippen LogP contribution in [-0.2, 0) is 20.9 Å². The molecule has 3 amide bonds. The third-order valence-electron chi connectivity index (χ3n) is 9.11. The van der Waals surface area contributed by atoms with Crippen LogP contribution in [-0.4, -0.2) is 74.4 Å². The van der Waals surface area contributed by atoms with E-state index in [4.69, 9.17) is 0 Å². The van der Waals surface area contributed by atoms with Crippen molar-refractivity contribution in [1.82, 2.24) is 9.80 Å². The molecular weight excluding hydrogens is 546 g/mol. The molecule has 2 aromatic rings. The molecule has 3 aliphatic heterocycles. The van der Waals surface area contributed by atoms with Gasteiger partial charge in [0.2, 0.25) is 17.7 Å². The van der Waals surface area contributed by atoms with Gasteiger partial charge in [0.1, 0.15) is 6.04 Å². The number of nitrogens with zero attached hydrogens (tertiary/aromatic N) is 3. The lowest BCUT2D eigenvalue weighted by Crippen LogP contribution is -2.55. The van der Waals surface area contributed by atoms with E-state index in [1.165, 1.54) is 0 Å². The number of para-hydroxylation sites is 1. The Kier molecular flexibility index (Phi) is 8.94. The second-order valence-electron chi connectivity index (χ2n) is 11.8. The Morgan fingerprint density at radius 2 is 1.67 bits per heavy atom. The van der Waals surface area contributed by atoms with Gasteiger partial charge in [0.15, 0.2) is 0 Å². The minimum absolute atomic E-state index is 0.0212. The number of likely N-dealkylation sites (tertiary alicyclic amines) is 1. The molecule has 0 saturated carbocycles. The van der Waals surface area contributed by atoms with E-state index in [1.807, 2.05) is 60.7 Å². The number of hydrogen-bond donors (Lipinski definition) is 1. The SMILES string of the molecule is C=CCN(Cc1ccccc1)C(=O)C1N(CCCCO)C(=O)[C@@H]2[C@H](C(=O)N(CC=C)c3ccccc3)[C@]3(C)CCC12S3. The molecule has 2 aromatic carbocycles. The van der Waals surface area contributed by atoms with E-state index in [9.17, 15) is 19.5 Å². The van der Waals surface area contributed by atoms with Gasteiger partial charge in [-0.3, -0.25) is 14.4 Å². The van der Waals surface area contributed by atoms with Gasteiger partial charge >= 0.3 is 0 Å². The Hall–Kier alpha value is -3.36. The number of benzene rings is 2. The van der Waals surface area contributed by atoms with Crippen LogP contribution in [0.3, 0.4) is 0 Å². The van der Waals surface area contributed by atoms with E-state index in [1.54, 1.807) is 38.6 Å². The van der Waals surface area contributed by atoms with E-state index in [0.717, 1.165) is 17.7 Å². The molecule has 42 heavy (non-hydrogen) atoms. The van der Waals surface area contributed by atoms with Gasteiger partial charge in [0.05, 0.1) is 16.6 Å². The maximum Gasteiger partial charge on any atom is 0.247 e. The van der Waals surface area contributed by atoms with Crippen LogP contribution in [0, 0.1) is 11.8 Å². The van der Waals surface area contributed by atoms with Crippen LogP contribution in [0.5, 0.6) is 0 Å². The van der Waals surface area contributed by atoms with Crippen molar-refractivity contribution in [3.8, 4) is 0 Å². The van der Waals surface area contributed by atoms with Crippen molar-refractivity contribution < 1.29 is 19.5 Å². The first-order chi connectivity index (χ1) is 20.3. The highest BCUT2D eigenvalue weighted by molar-refractivity contribution is 8.02. The minimum atomic E-state index is -0.699. The molecule has 3 saturated heterocycles. The predicted molar refractivity (Wildman–Crippen MR) is 168 cm³/mol. The number of aliphatic hydroxyl groups is 1. The zero-order valence-electron chi connectivity index (χ0n) is 24.4. The van der Waals surface area contributed by atoms with Crippen LogP contribution in [0.25, 0.3) is 0 Å². The van der Waals surface area contributed by atoms with Crippen LogP contribution in [0.4, 0.5) is 5.69 Å². The largest absolute Gasteiger partial charge is 0.396 e. The van der Waals surface area contributed by atoms with Gasteiger partial charge in [-0.05, 0) is 50.3 Å². The molecule has 8 heteroatoms. The van der Waals surface area contributed by atoms with E-state index in [2.05, 4.69) is 20.1 Å². The number of carbonyl (C=O) groups excluding carboxylic acids is 3. The van der Waals surface area contributed by atoms with Gasteiger partial charge in [-0.15, -0.1) is 24.9 Å². The van der Waals surface area contributed by atoms with Gasteiger partial charge < -0.3 is 19.8 Å². The highest BCUT2D eigenvalue weighted by Crippen LogP contribution is 2.71. The highest BCUT2D eigenvalue weighted by atomic mass is 32.2. The highest BCUT2D eigenvalue weighted by Gasteiger charge is 2.77. The smallest absolute Gasteiger partial charge is 0.247 e. The molecule has 3 fully saturated rings. The van der Waals surface area contributed by atoms with Crippen molar-refractivity contribution in [1.29, 1.82) is 0 Å². The van der Waals surface area contributed by atoms with Crippen LogP contribution in [0.15, 0.2) is 86.0 Å². The fraction of sp³-hybridized carbons (Fsp3) is 0.441. The van der Waals surface area contributed by atoms with Crippen molar-refractivity contribution in [2.24, 2.45) is 11.8 Å². The molecule has 1 spiro atoms. The quantitative estimate of drug-likeness (QED) is 0.272. The second kappa shape index (κ2) is 12.5. The summed E-state index contributed by atoms with van der Waals surface area (Å²) in [6.45, 7) is 11.4. The Bertz CT molecular complexity index is 1320. The number of carbonyl (C=O) groups is 3. The monoisotopic (exact) mass is 587 g/mol. The minimum Gasteiger partial charge on any atom is -0.396 e. The molecule has 5 atom stereocenters. The van der Waals surface area contributed by atoms with Crippen molar-refractivity contribution in [2.45, 2.75) is 54.7 Å². The first-order valence-electron chi connectivity index (χ1n) is 14.8. The molecule has 3 aliphatic rings. The Morgan fingerprint density at radius 3 is 2.31 bits per heavy atom. The van der Waals surface area contributed by atoms with Gasteiger partial charge in [0, 0.05) is 43.2 Å². The summed E-state index contributed by atoms with van der Waals surface area (Å²) in [6.07, 6.45) is 6.01. The van der Waals surface area contributed by atoms with E-state index < -0.39 is 27.4 Å². The van der Waals surface area contributed by atoms with Crippen molar-refractivity contribution in [3.05, 3.63) is 91.5 Å². The van der Waals surface area contributed by atoms with Crippen LogP contribution in [0.1, 0.15) is 38.2 Å². The van der Waals surface area contributed by atoms with Crippen LogP contribution in [0.2, 0.25) is 0 Å². The topological polar surface area (TPSA) is 81.2 Å². The molecule has 7 nitrogen and oxygen atoms in total. The average molecular weight is 588 g/mol. The molecule has 3 heterocycles. The number of rotatable bonds is 13. The summed E-state index contributed by atoms with van der Waals surface area (Å²) in [5, 5.41) is 9.48. The Morgan fingerprint density at radius 1 is 1.00 bits per heavy atom. The van der Waals surface area contributed by atoms with Crippen molar-refractivity contribution in [3.63, 3.8) is 0 Å². The van der Waals surface area contributed by atoms with Gasteiger partial charge in [-0.1, -0.05) is 60.7 Å². The molecular formula is C34H41N3O4S. The number of aliphatic hydroxyl groups excluding tert-OH is 1. The molecule has 2 bridgehead atoms. The van der Waals surface area contributed by atoms with Gasteiger partial charge in [0.25, 0.3) is 0 Å². The summed E-state index contributed by atoms with van der Waals surface area (Å²) in [5.41, 5.74) is 1.77. The van der Waals surface area contributed by atoms with E-state index >= 15 is 0 Å². The summed E-state index contributed by atoms with van der Waals surface area (Å²) in [5.74, 6) is -1.48. The molecule has 5 rings (SSSR count). The first-order valence-corrected chi connectivity index (χ1v) is 15.7. The summed E-state index contributed by atoms with van der Waals surface area (Å²) >= 11 is 1.69. The summed E-state index contributed by atoms with van der Waals surface area (Å²) < 4.78 is -1.17. The van der Waals surface area contributed by atoms with Crippen molar-refractivity contribution in [2.75, 3.05) is 31.1 Å². The molecule has 2 unspecified atom stereocenters. The molecule has 0 aromatic heterocycles. The maximum atomic E-state index is 14.6. The lowest BCUT2D eigenvalue weighted by Gasteiger charge is -2.38. The number of anilines is 1. The predicted octanol–water partition coefficient (Wildman–Crippen LogP) is 4.67. The summed E-state index contributed by atoms with van der Waals surface area (Å²) in [7, 11) is 0. The van der Waals surface area contributed by atoms with Crippen molar-refractivity contribution >= 4 is 35.2 Å². The number of amides is 3. The van der Waals surface area contributed by atoms with Gasteiger partial charge in [-0.2, -0.15) is 0 Å². The number of hydrogen-bond acceptors (Lipinski definition) is 5. The zero-order chi connectivity index (χ0) is 29.9. The number of thioether (sulfide) groups is 1.